The summed E-state index contributed by atoms with van der Waals surface area (Å²) in [6, 6.07) is 11.0. The minimum Gasteiger partial charge on any atom is -0.496 e. The Morgan fingerprint density at radius 3 is 2.11 bits per heavy atom. The van der Waals surface area contributed by atoms with Crippen LogP contribution in [-0.2, 0) is 9.47 Å². The molecule has 0 heterocycles. The summed E-state index contributed by atoms with van der Waals surface area (Å²) in [6.07, 6.45) is 0. The molecule has 7 nitrogen and oxygen atoms in total. The number of benzene rings is 2. The highest BCUT2D eigenvalue weighted by Gasteiger charge is 2.20. The molecule has 0 radical (unpaired) electrons. The van der Waals surface area contributed by atoms with Crippen LogP contribution in [0.2, 0.25) is 0 Å². The van der Waals surface area contributed by atoms with Crippen molar-refractivity contribution in [3.8, 4) is 23.3 Å². The van der Waals surface area contributed by atoms with Gasteiger partial charge in [0, 0.05) is 12.1 Å². The van der Waals surface area contributed by atoms with Crippen molar-refractivity contribution in [1.82, 2.24) is 0 Å². The molecular formula is C21H21NO6. The SMILES string of the molecule is COC(=O)c1cc(Oc2ccc(C(=O)OC(C)(C)C)cc2)c(C#N)cc1OC. The van der Waals surface area contributed by atoms with E-state index in [1.54, 1.807) is 45.0 Å². The average Bonchev–Trinajstić information content (AvgIpc) is 2.66. The molecule has 0 aliphatic heterocycles. The van der Waals surface area contributed by atoms with Crippen LogP contribution in [0.25, 0.3) is 0 Å². The number of ether oxygens (including phenoxy) is 4. The smallest absolute Gasteiger partial charge is 0.341 e. The minimum atomic E-state index is -0.619. The predicted octanol–water partition coefficient (Wildman–Crippen LogP) is 4.10. The van der Waals surface area contributed by atoms with Gasteiger partial charge < -0.3 is 18.9 Å². The van der Waals surface area contributed by atoms with E-state index < -0.39 is 17.5 Å². The second-order valence-electron chi connectivity index (χ2n) is 6.78. The molecule has 0 amide bonds. The van der Waals surface area contributed by atoms with E-state index in [4.69, 9.17) is 18.9 Å². The molecule has 0 atom stereocenters. The Labute approximate surface area is 163 Å². The predicted molar refractivity (Wildman–Crippen MR) is 101 cm³/mol. The Morgan fingerprint density at radius 2 is 1.61 bits per heavy atom. The van der Waals surface area contributed by atoms with E-state index >= 15 is 0 Å². The summed E-state index contributed by atoms with van der Waals surface area (Å²) in [6.45, 7) is 5.36. The molecule has 0 bridgehead atoms. The lowest BCUT2D eigenvalue weighted by Gasteiger charge is -2.19. The van der Waals surface area contributed by atoms with Crippen molar-refractivity contribution in [2.75, 3.05) is 14.2 Å². The van der Waals surface area contributed by atoms with E-state index in [9.17, 15) is 14.9 Å². The number of hydrogen-bond acceptors (Lipinski definition) is 7. The number of carbonyl (C=O) groups excluding carboxylic acids is 2. The van der Waals surface area contributed by atoms with Crippen molar-refractivity contribution >= 4 is 11.9 Å². The maximum Gasteiger partial charge on any atom is 0.341 e. The van der Waals surface area contributed by atoms with Crippen LogP contribution in [0, 0.1) is 11.3 Å². The summed E-state index contributed by atoms with van der Waals surface area (Å²) >= 11 is 0. The lowest BCUT2D eigenvalue weighted by atomic mass is 10.1. The standard InChI is InChI=1S/C21H21NO6/c1-21(2,3)28-19(23)13-6-8-15(9-7-13)27-17-11-16(20(24)26-5)18(25-4)10-14(17)12-22/h6-11H,1-5H3. The number of carbonyl (C=O) groups is 2. The number of esters is 2. The first-order valence-electron chi connectivity index (χ1n) is 8.40. The first kappa shape index (κ1) is 20.8. The second kappa shape index (κ2) is 8.44. The molecule has 0 aliphatic rings. The first-order chi connectivity index (χ1) is 13.2. The van der Waals surface area contributed by atoms with E-state index in [-0.39, 0.29) is 22.6 Å². The van der Waals surface area contributed by atoms with Crippen molar-refractivity contribution in [3.05, 3.63) is 53.1 Å². The van der Waals surface area contributed by atoms with Gasteiger partial charge in [-0.1, -0.05) is 0 Å². The van der Waals surface area contributed by atoms with Gasteiger partial charge in [0.05, 0.1) is 25.3 Å². The summed E-state index contributed by atoms with van der Waals surface area (Å²) in [4.78, 5) is 24.0. The van der Waals surface area contributed by atoms with Gasteiger partial charge in [-0.05, 0) is 45.0 Å². The quantitative estimate of drug-likeness (QED) is 0.717. The van der Waals surface area contributed by atoms with Crippen molar-refractivity contribution in [3.63, 3.8) is 0 Å². The molecule has 0 N–H and O–H groups in total. The third-order valence-electron chi connectivity index (χ3n) is 3.54. The lowest BCUT2D eigenvalue weighted by molar-refractivity contribution is 0.00693. The van der Waals surface area contributed by atoms with Crippen LogP contribution in [0.3, 0.4) is 0 Å². The number of rotatable bonds is 5. The molecule has 0 aliphatic carbocycles. The molecule has 7 heteroatoms. The summed E-state index contributed by atoms with van der Waals surface area (Å²) in [7, 11) is 2.63. The fourth-order valence-electron chi connectivity index (χ4n) is 2.29. The molecule has 28 heavy (non-hydrogen) atoms. The van der Waals surface area contributed by atoms with Crippen molar-refractivity contribution in [1.29, 1.82) is 5.26 Å². The molecule has 0 aromatic heterocycles. The van der Waals surface area contributed by atoms with Gasteiger partial charge >= 0.3 is 11.9 Å². The van der Waals surface area contributed by atoms with E-state index in [1.165, 1.54) is 26.4 Å². The second-order valence-corrected chi connectivity index (χ2v) is 6.78. The zero-order valence-electron chi connectivity index (χ0n) is 16.4. The Balaban J connectivity index is 2.31. The summed E-state index contributed by atoms with van der Waals surface area (Å²) in [5.41, 5.74) is 0.0827. The maximum absolute atomic E-state index is 12.1. The highest BCUT2D eigenvalue weighted by molar-refractivity contribution is 5.93. The molecule has 0 saturated carbocycles. The van der Waals surface area contributed by atoms with Crippen LogP contribution >= 0.6 is 0 Å². The van der Waals surface area contributed by atoms with Crippen LogP contribution in [0.1, 0.15) is 47.1 Å². The van der Waals surface area contributed by atoms with E-state index in [0.29, 0.717) is 11.3 Å². The number of nitrogens with zero attached hydrogens (tertiary/aromatic N) is 1. The topological polar surface area (TPSA) is 94.9 Å². The monoisotopic (exact) mass is 383 g/mol. The Bertz CT molecular complexity index is 920. The molecule has 146 valence electrons. The normalized spacial score (nSPS) is 10.6. The zero-order chi connectivity index (χ0) is 20.9. The van der Waals surface area contributed by atoms with Gasteiger partial charge in [0.25, 0.3) is 0 Å². The number of nitriles is 1. The number of methoxy groups -OCH3 is 2. The van der Waals surface area contributed by atoms with Crippen LogP contribution in [-0.4, -0.2) is 31.8 Å². The van der Waals surface area contributed by atoms with Gasteiger partial charge in [0.1, 0.15) is 34.5 Å². The Morgan fingerprint density at radius 1 is 0.964 bits per heavy atom. The van der Waals surface area contributed by atoms with Crippen molar-refractivity contribution < 1.29 is 28.5 Å². The van der Waals surface area contributed by atoms with Gasteiger partial charge in [-0.15, -0.1) is 0 Å². The largest absolute Gasteiger partial charge is 0.496 e. The fraction of sp³-hybridized carbons (Fsp3) is 0.286. The molecule has 0 unspecified atom stereocenters. The Hall–Kier alpha value is -3.53. The maximum atomic E-state index is 12.1. The van der Waals surface area contributed by atoms with Gasteiger partial charge in [-0.25, -0.2) is 9.59 Å². The average molecular weight is 383 g/mol. The lowest BCUT2D eigenvalue weighted by Crippen LogP contribution is -2.23. The van der Waals surface area contributed by atoms with E-state index in [2.05, 4.69) is 0 Å². The highest BCUT2D eigenvalue weighted by atomic mass is 16.6. The third-order valence-corrected chi connectivity index (χ3v) is 3.54. The molecule has 2 aromatic rings. The molecule has 2 rings (SSSR count). The molecule has 0 saturated heterocycles. The molecule has 0 fully saturated rings. The highest BCUT2D eigenvalue weighted by Crippen LogP contribution is 2.32. The summed E-state index contributed by atoms with van der Waals surface area (Å²) in [5.74, 6) is -0.324. The minimum absolute atomic E-state index is 0.129. The van der Waals surface area contributed by atoms with Crippen molar-refractivity contribution in [2.45, 2.75) is 26.4 Å². The number of hydrogen-bond donors (Lipinski definition) is 0. The van der Waals surface area contributed by atoms with E-state index in [0.717, 1.165) is 0 Å². The van der Waals surface area contributed by atoms with Gasteiger partial charge in [-0.2, -0.15) is 5.26 Å². The molecular weight excluding hydrogens is 362 g/mol. The first-order valence-corrected chi connectivity index (χ1v) is 8.40. The zero-order valence-corrected chi connectivity index (χ0v) is 16.4. The summed E-state index contributed by atoms with van der Waals surface area (Å²) in [5, 5.41) is 9.37. The van der Waals surface area contributed by atoms with Gasteiger partial charge in [0.15, 0.2) is 0 Å². The molecule has 0 spiro atoms. The third kappa shape index (κ3) is 5.01. The van der Waals surface area contributed by atoms with Gasteiger partial charge in [0.2, 0.25) is 0 Å². The van der Waals surface area contributed by atoms with Crippen LogP contribution in [0.5, 0.6) is 17.2 Å². The van der Waals surface area contributed by atoms with Crippen LogP contribution in [0.4, 0.5) is 0 Å². The fourth-order valence-corrected chi connectivity index (χ4v) is 2.29. The van der Waals surface area contributed by atoms with Crippen molar-refractivity contribution in [2.24, 2.45) is 0 Å². The molecule has 2 aromatic carbocycles. The van der Waals surface area contributed by atoms with Crippen LogP contribution < -0.4 is 9.47 Å². The van der Waals surface area contributed by atoms with Crippen LogP contribution in [0.15, 0.2) is 36.4 Å². The summed E-state index contributed by atoms with van der Waals surface area (Å²) < 4.78 is 20.9. The Kier molecular flexibility index (Phi) is 6.26. The van der Waals surface area contributed by atoms with E-state index in [1.807, 2.05) is 6.07 Å². The van der Waals surface area contributed by atoms with Gasteiger partial charge in [-0.3, -0.25) is 0 Å².